The quantitative estimate of drug-likeness (QED) is 0.429. The van der Waals surface area contributed by atoms with Gasteiger partial charge in [-0.3, -0.25) is 9.59 Å². The third-order valence-electron chi connectivity index (χ3n) is 13.6. The highest BCUT2D eigenvalue weighted by atomic mass is 16.4. The van der Waals surface area contributed by atoms with E-state index in [0.29, 0.717) is 24.0 Å². The zero-order chi connectivity index (χ0) is 25.1. The second-order valence-electron chi connectivity index (χ2n) is 15.3. The highest BCUT2D eigenvalue weighted by Gasteiger charge is 2.70. The molecule has 190 valence electrons. The molecule has 0 aromatic carbocycles. The van der Waals surface area contributed by atoms with Crippen molar-refractivity contribution in [1.29, 1.82) is 0 Å². The molecule has 0 radical (unpaired) electrons. The van der Waals surface area contributed by atoms with Crippen LogP contribution in [0, 0.1) is 56.2 Å². The van der Waals surface area contributed by atoms with E-state index in [2.05, 4.69) is 54.5 Å². The van der Waals surface area contributed by atoms with Crippen LogP contribution in [0.1, 0.15) is 113 Å². The van der Waals surface area contributed by atoms with E-state index in [-0.39, 0.29) is 38.9 Å². The molecule has 9 unspecified atom stereocenters. The normalized spacial score (nSPS) is 54.1. The van der Waals surface area contributed by atoms with E-state index in [0.717, 1.165) is 38.5 Å². The molecule has 34 heavy (non-hydrogen) atoms. The Morgan fingerprint density at radius 1 is 0.912 bits per heavy atom. The number of carbonyl (C=O) groups excluding carboxylic acids is 1. The van der Waals surface area contributed by atoms with Gasteiger partial charge in [0.05, 0.1) is 5.41 Å². The summed E-state index contributed by atoms with van der Waals surface area (Å²) in [5.41, 5.74) is 1.00. The summed E-state index contributed by atoms with van der Waals surface area (Å²) in [7, 11) is 0. The predicted octanol–water partition coefficient (Wildman–Crippen LogP) is 7.69. The van der Waals surface area contributed by atoms with Crippen molar-refractivity contribution in [2.24, 2.45) is 56.2 Å². The molecule has 9 atom stereocenters. The van der Waals surface area contributed by atoms with Crippen LogP contribution in [-0.4, -0.2) is 16.9 Å². The highest BCUT2D eigenvalue weighted by molar-refractivity contribution is 5.95. The zero-order valence-corrected chi connectivity index (χ0v) is 23.0. The molecule has 0 aliphatic heterocycles. The number of carbonyl (C=O) groups is 2. The Bertz CT molecular complexity index is 962. The molecule has 4 fully saturated rings. The van der Waals surface area contributed by atoms with Crippen molar-refractivity contribution in [2.45, 2.75) is 113 Å². The minimum Gasteiger partial charge on any atom is -0.481 e. The molecule has 5 aliphatic carbocycles. The summed E-state index contributed by atoms with van der Waals surface area (Å²) in [5.74, 6) is 1.26. The number of carboxylic acids is 1. The lowest BCUT2D eigenvalue weighted by molar-refractivity contribution is -0.192. The van der Waals surface area contributed by atoms with E-state index in [1.165, 1.54) is 18.4 Å². The van der Waals surface area contributed by atoms with Gasteiger partial charge in [-0.1, -0.05) is 54.0 Å². The van der Waals surface area contributed by atoms with Gasteiger partial charge in [-0.15, -0.1) is 0 Å². The van der Waals surface area contributed by atoms with Crippen LogP contribution in [0.25, 0.3) is 0 Å². The Morgan fingerprint density at radius 3 is 2.21 bits per heavy atom. The van der Waals surface area contributed by atoms with Gasteiger partial charge in [-0.05, 0) is 116 Å². The van der Waals surface area contributed by atoms with Gasteiger partial charge in [0.1, 0.15) is 0 Å². The van der Waals surface area contributed by atoms with Gasteiger partial charge >= 0.3 is 5.97 Å². The summed E-state index contributed by atoms with van der Waals surface area (Å²) in [6.07, 6.45) is 11.5. The Morgan fingerprint density at radius 2 is 1.56 bits per heavy atom. The Kier molecular flexibility index (Phi) is 5.06. The number of hydrogen-bond donors (Lipinski definition) is 1. The van der Waals surface area contributed by atoms with Crippen LogP contribution < -0.4 is 0 Å². The molecule has 0 bridgehead atoms. The van der Waals surface area contributed by atoms with Gasteiger partial charge < -0.3 is 5.11 Å². The van der Waals surface area contributed by atoms with Gasteiger partial charge in [0.2, 0.25) is 0 Å². The predicted molar refractivity (Wildman–Crippen MR) is 136 cm³/mol. The van der Waals surface area contributed by atoms with Crippen molar-refractivity contribution in [1.82, 2.24) is 0 Å². The number of allylic oxidation sites excluding steroid dienone is 2. The molecule has 1 N–H and O–H groups in total. The third kappa shape index (κ3) is 2.82. The fourth-order valence-electron chi connectivity index (χ4n) is 10.6. The second-order valence-corrected chi connectivity index (χ2v) is 15.3. The first-order valence-electron chi connectivity index (χ1n) is 14.0. The first-order valence-corrected chi connectivity index (χ1v) is 14.0. The van der Waals surface area contributed by atoms with Crippen molar-refractivity contribution >= 4 is 11.8 Å². The van der Waals surface area contributed by atoms with Crippen LogP contribution in [0.5, 0.6) is 0 Å². The molecule has 0 heterocycles. The molecule has 5 aliphatic rings. The smallest absolute Gasteiger partial charge is 0.309 e. The maximum absolute atomic E-state index is 14.3. The summed E-state index contributed by atoms with van der Waals surface area (Å²) >= 11 is 0. The molecule has 0 aromatic rings. The summed E-state index contributed by atoms with van der Waals surface area (Å²) in [6, 6.07) is 0. The summed E-state index contributed by atoms with van der Waals surface area (Å²) in [4.78, 5) is 26.5. The van der Waals surface area contributed by atoms with Gasteiger partial charge in [0.25, 0.3) is 0 Å². The largest absolute Gasteiger partial charge is 0.481 e. The average molecular weight is 469 g/mol. The van der Waals surface area contributed by atoms with Crippen molar-refractivity contribution in [3.8, 4) is 0 Å². The number of hydrogen-bond acceptors (Lipinski definition) is 2. The van der Waals surface area contributed by atoms with E-state index in [1.54, 1.807) is 0 Å². The monoisotopic (exact) mass is 468 g/mol. The molecule has 0 saturated heterocycles. The molecular weight excluding hydrogens is 420 g/mol. The molecule has 4 saturated carbocycles. The van der Waals surface area contributed by atoms with Crippen LogP contribution in [0.4, 0.5) is 0 Å². The number of rotatable bonds is 1. The summed E-state index contributed by atoms with van der Waals surface area (Å²) < 4.78 is 0. The van der Waals surface area contributed by atoms with Crippen molar-refractivity contribution in [3.63, 3.8) is 0 Å². The lowest BCUT2D eigenvalue weighted by Gasteiger charge is -2.70. The van der Waals surface area contributed by atoms with E-state index in [4.69, 9.17) is 0 Å². The minimum atomic E-state index is -0.683. The summed E-state index contributed by atoms with van der Waals surface area (Å²) in [5, 5.41) is 10.1. The standard InChI is InChI=1S/C31H48O3/c1-19-9-11-29(6)23(26(19,2)3)10-12-31(8)24(29)22(32)17-20-21-18-28(5,25(33)34)14-13-27(21,4)15-16-30(20,31)7/h17,19,21,23-24H,9-16,18H2,1-8H3,(H,33,34). The lowest BCUT2D eigenvalue weighted by atomic mass is 9.33. The Labute approximate surface area is 207 Å². The molecule has 0 amide bonds. The second kappa shape index (κ2) is 7.00. The average Bonchev–Trinajstić information content (AvgIpc) is 2.73. The SMILES string of the molecule is CC1CCC2(C)C(CCC3(C)C2C(=O)C=C2C4CC(C)(C(=O)O)CCC4(C)CCC23C)C1(C)C. The molecule has 5 rings (SSSR count). The van der Waals surface area contributed by atoms with Crippen LogP contribution in [0.15, 0.2) is 11.6 Å². The molecule has 0 spiro atoms. The van der Waals surface area contributed by atoms with Crippen LogP contribution in [0.2, 0.25) is 0 Å². The van der Waals surface area contributed by atoms with Crippen molar-refractivity contribution < 1.29 is 14.7 Å². The Balaban J connectivity index is 1.62. The lowest BCUT2D eigenvalue weighted by Crippen LogP contribution is -2.66. The number of ketones is 1. The highest BCUT2D eigenvalue weighted by Crippen LogP contribution is 2.75. The Hall–Kier alpha value is -1.12. The van der Waals surface area contributed by atoms with Crippen molar-refractivity contribution in [3.05, 3.63) is 11.6 Å². The molecule has 0 aromatic heterocycles. The fraction of sp³-hybridized carbons (Fsp3) is 0.871. The van der Waals surface area contributed by atoms with Gasteiger partial charge in [0, 0.05) is 5.92 Å². The first kappa shape index (κ1) is 24.6. The minimum absolute atomic E-state index is 0.0201. The number of fused-ring (bicyclic) bond motifs is 7. The number of aliphatic carboxylic acids is 1. The van der Waals surface area contributed by atoms with Gasteiger partial charge in [-0.2, -0.15) is 0 Å². The van der Waals surface area contributed by atoms with E-state index >= 15 is 0 Å². The fourth-order valence-corrected chi connectivity index (χ4v) is 10.6. The molecule has 3 nitrogen and oxygen atoms in total. The zero-order valence-electron chi connectivity index (χ0n) is 23.0. The number of carboxylic acid groups (broad SMARTS) is 1. The van der Waals surface area contributed by atoms with Gasteiger partial charge in [0.15, 0.2) is 5.78 Å². The van der Waals surface area contributed by atoms with Crippen LogP contribution >= 0.6 is 0 Å². The van der Waals surface area contributed by atoms with E-state index in [1.807, 2.05) is 6.92 Å². The van der Waals surface area contributed by atoms with Crippen molar-refractivity contribution in [2.75, 3.05) is 0 Å². The topological polar surface area (TPSA) is 54.4 Å². The van der Waals surface area contributed by atoms with Crippen LogP contribution in [-0.2, 0) is 9.59 Å². The van der Waals surface area contributed by atoms with E-state index in [9.17, 15) is 14.7 Å². The van der Waals surface area contributed by atoms with Crippen LogP contribution in [0.3, 0.4) is 0 Å². The maximum Gasteiger partial charge on any atom is 0.309 e. The molecule has 3 heteroatoms. The van der Waals surface area contributed by atoms with E-state index < -0.39 is 11.4 Å². The van der Waals surface area contributed by atoms with Gasteiger partial charge in [-0.25, -0.2) is 0 Å². The summed E-state index contributed by atoms with van der Waals surface area (Å²) in [6.45, 7) is 19.0. The maximum atomic E-state index is 14.3. The third-order valence-corrected chi connectivity index (χ3v) is 13.6. The molecular formula is C31H48O3. The first-order chi connectivity index (χ1) is 15.6.